The monoisotopic (exact) mass is 254 g/mol. The Bertz CT molecular complexity index is 438. The summed E-state index contributed by atoms with van der Waals surface area (Å²) >= 11 is 0. The molecular weight excluding hydrogens is 232 g/mol. The Morgan fingerprint density at radius 2 is 1.00 bits per heavy atom. The maximum atomic E-state index is 3.14. The van der Waals surface area contributed by atoms with E-state index in [4.69, 9.17) is 0 Å². The van der Waals surface area contributed by atoms with E-state index < -0.39 is 0 Å². The van der Waals surface area contributed by atoms with Crippen LogP contribution in [0, 0.1) is 0 Å². The zero-order valence-electron chi connectivity index (χ0n) is 11.7. The second-order valence-corrected chi connectivity index (χ2v) is 4.75. The molecule has 2 heteroatoms. The zero-order chi connectivity index (χ0) is 13.5. The molecule has 2 rings (SSSR count). The fraction of sp³-hybridized carbons (Fsp3) is 0.294. The molecule has 2 nitrogen and oxygen atoms in total. The third kappa shape index (κ3) is 4.02. The first-order valence-electron chi connectivity index (χ1n) is 6.85. The summed E-state index contributed by atoms with van der Waals surface area (Å²) in [5.41, 5.74) is 5.16. The molecule has 0 radical (unpaired) electrons. The molecule has 0 spiro atoms. The fourth-order valence-corrected chi connectivity index (χ4v) is 2.17. The van der Waals surface area contributed by atoms with Crippen LogP contribution >= 0.6 is 0 Å². The number of benzene rings is 2. The third-order valence-electron chi connectivity index (χ3n) is 3.42. The second kappa shape index (κ2) is 6.83. The van der Waals surface area contributed by atoms with E-state index in [2.05, 4.69) is 59.2 Å². The number of hydrogen-bond acceptors (Lipinski definition) is 2. The highest BCUT2D eigenvalue weighted by molar-refractivity contribution is 5.44. The van der Waals surface area contributed by atoms with Crippen molar-refractivity contribution in [2.45, 2.75) is 19.3 Å². The van der Waals surface area contributed by atoms with E-state index in [1.54, 1.807) is 0 Å². The Balaban J connectivity index is 1.81. The summed E-state index contributed by atoms with van der Waals surface area (Å²) < 4.78 is 0. The maximum absolute atomic E-state index is 3.14. The number of anilines is 2. The van der Waals surface area contributed by atoms with Crippen LogP contribution in [0.2, 0.25) is 0 Å². The number of aryl methyl sites for hydroxylation is 2. The van der Waals surface area contributed by atoms with Gasteiger partial charge in [0.15, 0.2) is 0 Å². The van der Waals surface area contributed by atoms with Crippen LogP contribution in [-0.2, 0) is 12.8 Å². The Kier molecular flexibility index (Phi) is 4.85. The van der Waals surface area contributed by atoms with Crippen LogP contribution < -0.4 is 10.6 Å². The van der Waals surface area contributed by atoms with Crippen LogP contribution in [0.4, 0.5) is 11.4 Å². The molecule has 0 aliphatic heterocycles. The topological polar surface area (TPSA) is 24.1 Å². The molecule has 0 unspecified atom stereocenters. The molecule has 0 aliphatic carbocycles. The van der Waals surface area contributed by atoms with Crippen molar-refractivity contribution in [3.8, 4) is 0 Å². The molecule has 2 N–H and O–H groups in total. The van der Waals surface area contributed by atoms with Gasteiger partial charge in [0.05, 0.1) is 0 Å². The van der Waals surface area contributed by atoms with Gasteiger partial charge < -0.3 is 10.6 Å². The molecule has 0 amide bonds. The van der Waals surface area contributed by atoms with Crippen molar-refractivity contribution >= 4 is 11.4 Å². The summed E-state index contributed by atoms with van der Waals surface area (Å²) in [4.78, 5) is 0. The van der Waals surface area contributed by atoms with Gasteiger partial charge in [-0.25, -0.2) is 0 Å². The van der Waals surface area contributed by atoms with Crippen LogP contribution in [0.5, 0.6) is 0 Å². The van der Waals surface area contributed by atoms with E-state index in [0.29, 0.717) is 0 Å². The van der Waals surface area contributed by atoms with Crippen LogP contribution in [0.25, 0.3) is 0 Å². The van der Waals surface area contributed by atoms with Gasteiger partial charge in [-0.1, -0.05) is 24.3 Å². The van der Waals surface area contributed by atoms with Crippen molar-refractivity contribution in [3.05, 3.63) is 59.7 Å². The first kappa shape index (κ1) is 13.5. The Labute approximate surface area is 115 Å². The number of hydrogen-bond donors (Lipinski definition) is 2. The third-order valence-corrected chi connectivity index (χ3v) is 3.42. The SMILES string of the molecule is CNc1ccc(CCCc2ccc(NC)cc2)cc1. The minimum absolute atomic E-state index is 1.14. The number of nitrogens with one attached hydrogen (secondary N) is 2. The summed E-state index contributed by atoms with van der Waals surface area (Å²) in [7, 11) is 3.90. The highest BCUT2D eigenvalue weighted by atomic mass is 14.8. The van der Waals surface area contributed by atoms with Gasteiger partial charge in [-0.05, 0) is 54.7 Å². The van der Waals surface area contributed by atoms with Gasteiger partial charge in [0.1, 0.15) is 0 Å². The quantitative estimate of drug-likeness (QED) is 0.815. The summed E-state index contributed by atoms with van der Waals surface area (Å²) in [6.07, 6.45) is 3.47. The fourth-order valence-electron chi connectivity index (χ4n) is 2.17. The molecule has 0 aliphatic rings. The zero-order valence-corrected chi connectivity index (χ0v) is 11.7. The molecule has 2 aromatic rings. The van der Waals surface area contributed by atoms with Crippen molar-refractivity contribution in [1.82, 2.24) is 0 Å². The minimum Gasteiger partial charge on any atom is -0.388 e. The van der Waals surface area contributed by atoms with Gasteiger partial charge >= 0.3 is 0 Å². The second-order valence-electron chi connectivity index (χ2n) is 4.75. The summed E-state index contributed by atoms with van der Waals surface area (Å²) in [6.45, 7) is 0. The average Bonchev–Trinajstić information content (AvgIpc) is 2.49. The largest absolute Gasteiger partial charge is 0.388 e. The van der Waals surface area contributed by atoms with E-state index in [9.17, 15) is 0 Å². The van der Waals surface area contributed by atoms with E-state index in [0.717, 1.165) is 12.8 Å². The van der Waals surface area contributed by atoms with Crippen molar-refractivity contribution in [3.63, 3.8) is 0 Å². The van der Waals surface area contributed by atoms with Gasteiger partial charge in [0.2, 0.25) is 0 Å². The average molecular weight is 254 g/mol. The molecule has 100 valence electrons. The van der Waals surface area contributed by atoms with Gasteiger partial charge in [-0.2, -0.15) is 0 Å². The van der Waals surface area contributed by atoms with Gasteiger partial charge in [-0.3, -0.25) is 0 Å². The number of rotatable bonds is 6. The normalized spacial score (nSPS) is 10.2. The molecule has 19 heavy (non-hydrogen) atoms. The molecule has 0 saturated heterocycles. The highest BCUT2D eigenvalue weighted by Gasteiger charge is 1.97. The molecule has 0 saturated carbocycles. The maximum Gasteiger partial charge on any atom is 0.0337 e. The van der Waals surface area contributed by atoms with Crippen LogP contribution in [-0.4, -0.2) is 14.1 Å². The van der Waals surface area contributed by atoms with E-state index in [1.165, 1.54) is 28.9 Å². The predicted molar refractivity (Wildman–Crippen MR) is 84.0 cm³/mol. The van der Waals surface area contributed by atoms with Crippen LogP contribution in [0.15, 0.2) is 48.5 Å². The minimum atomic E-state index is 1.14. The van der Waals surface area contributed by atoms with Crippen LogP contribution in [0.1, 0.15) is 17.5 Å². The Hall–Kier alpha value is -1.96. The lowest BCUT2D eigenvalue weighted by Gasteiger charge is -2.05. The predicted octanol–water partition coefficient (Wildman–Crippen LogP) is 3.95. The van der Waals surface area contributed by atoms with Gasteiger partial charge in [0.25, 0.3) is 0 Å². The highest BCUT2D eigenvalue weighted by Crippen LogP contribution is 2.13. The summed E-state index contributed by atoms with van der Waals surface area (Å²) in [6, 6.07) is 17.4. The summed E-state index contributed by atoms with van der Waals surface area (Å²) in [5, 5.41) is 6.28. The summed E-state index contributed by atoms with van der Waals surface area (Å²) in [5.74, 6) is 0. The first-order valence-corrected chi connectivity index (χ1v) is 6.85. The van der Waals surface area contributed by atoms with E-state index in [-0.39, 0.29) is 0 Å². The smallest absolute Gasteiger partial charge is 0.0337 e. The van der Waals surface area contributed by atoms with Crippen molar-refractivity contribution < 1.29 is 0 Å². The standard InChI is InChI=1S/C17H22N2/c1-18-16-10-6-14(7-11-16)4-3-5-15-8-12-17(19-2)13-9-15/h6-13,18-19H,3-5H2,1-2H3. The van der Waals surface area contributed by atoms with E-state index >= 15 is 0 Å². The van der Waals surface area contributed by atoms with Crippen molar-refractivity contribution in [1.29, 1.82) is 0 Å². The molecule has 0 bridgehead atoms. The van der Waals surface area contributed by atoms with E-state index in [1.807, 2.05) is 14.1 Å². The molecule has 0 atom stereocenters. The lowest BCUT2D eigenvalue weighted by Crippen LogP contribution is -1.93. The van der Waals surface area contributed by atoms with Crippen molar-refractivity contribution in [2.75, 3.05) is 24.7 Å². The van der Waals surface area contributed by atoms with Gasteiger partial charge in [0, 0.05) is 25.5 Å². The molecule has 0 aromatic heterocycles. The van der Waals surface area contributed by atoms with Gasteiger partial charge in [-0.15, -0.1) is 0 Å². The molecule has 0 fully saturated rings. The Morgan fingerprint density at radius 1 is 0.632 bits per heavy atom. The molecule has 2 aromatic carbocycles. The molecular formula is C17H22N2. The lowest BCUT2D eigenvalue weighted by atomic mass is 10.0. The van der Waals surface area contributed by atoms with Crippen LogP contribution in [0.3, 0.4) is 0 Å². The van der Waals surface area contributed by atoms with Crippen molar-refractivity contribution in [2.24, 2.45) is 0 Å². The lowest BCUT2D eigenvalue weighted by molar-refractivity contribution is 0.821. The molecule has 0 heterocycles. The first-order chi connectivity index (χ1) is 9.31. The Morgan fingerprint density at radius 3 is 1.32 bits per heavy atom.